The summed E-state index contributed by atoms with van der Waals surface area (Å²) >= 11 is 5.41. The van der Waals surface area contributed by atoms with Crippen LogP contribution in [0.4, 0.5) is 0 Å². The molecule has 0 aromatic carbocycles. The lowest BCUT2D eigenvalue weighted by molar-refractivity contribution is -0.0542. The first-order valence-electron chi connectivity index (χ1n) is 11.2. The number of ether oxygens (including phenoxy) is 1. The molecule has 8 heteroatoms. The van der Waals surface area contributed by atoms with Gasteiger partial charge in [-0.05, 0) is 31.7 Å². The van der Waals surface area contributed by atoms with Crippen molar-refractivity contribution in [2.75, 3.05) is 11.5 Å². The first-order chi connectivity index (χ1) is 14.6. The fourth-order valence-electron chi connectivity index (χ4n) is 3.82. The van der Waals surface area contributed by atoms with E-state index in [9.17, 15) is 0 Å². The first-order valence-corrected chi connectivity index (χ1v) is 14.0. The van der Waals surface area contributed by atoms with Crippen LogP contribution in [0.5, 0.6) is 0 Å². The lowest BCUT2D eigenvalue weighted by atomic mass is 9.90. The Labute approximate surface area is 191 Å². The fourth-order valence-corrected chi connectivity index (χ4v) is 6.81. The van der Waals surface area contributed by atoms with Gasteiger partial charge in [0.25, 0.3) is 0 Å². The molecule has 3 aromatic heterocycles. The number of rotatable bonds is 10. The van der Waals surface area contributed by atoms with Crippen LogP contribution in [0, 0.1) is 0 Å². The van der Waals surface area contributed by atoms with E-state index < -0.39 is 0 Å². The average molecular weight is 465 g/mol. The standard InChI is InChI=1S/C22H32N4OS3/c1-5-8-9-10-12-29-21-25-24-18-17-15-13-22(4,7-3)27-14-16(15)30-19(17)23-20(26(18)21)28-11-6-2/h5-14H2,1-4H3/t22-/m0/s1. The molecule has 0 amide bonds. The van der Waals surface area contributed by atoms with Gasteiger partial charge in [0.2, 0.25) is 0 Å². The fraction of sp³-hybridized carbons (Fsp3) is 0.682. The predicted octanol–water partition coefficient (Wildman–Crippen LogP) is 6.75. The quantitative estimate of drug-likeness (QED) is 0.188. The number of aromatic nitrogens is 4. The van der Waals surface area contributed by atoms with E-state index in [1.165, 1.54) is 41.5 Å². The molecule has 0 fully saturated rings. The molecule has 3 aromatic rings. The van der Waals surface area contributed by atoms with Crippen molar-refractivity contribution >= 4 is 50.7 Å². The third-order valence-corrected chi connectivity index (χ3v) is 9.09. The Hall–Kier alpha value is -0.830. The molecule has 4 heterocycles. The third kappa shape index (κ3) is 4.38. The number of thioether (sulfide) groups is 2. The number of hydrogen-bond donors (Lipinski definition) is 0. The summed E-state index contributed by atoms with van der Waals surface area (Å²) in [6.45, 7) is 9.57. The van der Waals surface area contributed by atoms with Gasteiger partial charge in [0.1, 0.15) is 4.83 Å². The molecule has 0 saturated heterocycles. The molecular formula is C22H32N4OS3. The average Bonchev–Trinajstić information content (AvgIpc) is 3.32. The zero-order valence-corrected chi connectivity index (χ0v) is 20.9. The maximum absolute atomic E-state index is 6.20. The van der Waals surface area contributed by atoms with E-state index in [2.05, 4.69) is 42.3 Å². The van der Waals surface area contributed by atoms with E-state index in [1.54, 1.807) is 11.3 Å². The topological polar surface area (TPSA) is 52.3 Å². The molecule has 164 valence electrons. The minimum absolute atomic E-state index is 0.107. The molecule has 1 aliphatic rings. The highest BCUT2D eigenvalue weighted by Crippen LogP contribution is 2.42. The summed E-state index contributed by atoms with van der Waals surface area (Å²) in [6, 6.07) is 0. The van der Waals surface area contributed by atoms with Gasteiger partial charge in [-0.15, -0.1) is 21.5 Å². The zero-order chi connectivity index (χ0) is 21.1. The third-order valence-electron chi connectivity index (χ3n) is 5.83. The number of fused-ring (bicyclic) bond motifs is 5. The van der Waals surface area contributed by atoms with Crippen molar-refractivity contribution in [3.8, 4) is 0 Å². The molecule has 0 radical (unpaired) electrons. The van der Waals surface area contributed by atoms with Crippen LogP contribution in [0.3, 0.4) is 0 Å². The summed E-state index contributed by atoms with van der Waals surface area (Å²) in [5.74, 6) is 2.13. The molecule has 0 spiro atoms. The normalized spacial score (nSPS) is 19.1. The second-order valence-corrected chi connectivity index (χ2v) is 11.5. The molecular weight excluding hydrogens is 432 g/mol. The second-order valence-electron chi connectivity index (χ2n) is 8.25. The highest BCUT2D eigenvalue weighted by molar-refractivity contribution is 7.99. The molecule has 4 rings (SSSR count). The molecule has 1 atom stereocenters. The van der Waals surface area contributed by atoms with Crippen LogP contribution in [-0.2, 0) is 17.8 Å². The van der Waals surface area contributed by atoms with E-state index in [4.69, 9.17) is 9.72 Å². The second kappa shape index (κ2) is 9.76. The van der Waals surface area contributed by atoms with Gasteiger partial charge in [0.05, 0.1) is 17.6 Å². The van der Waals surface area contributed by atoms with Crippen LogP contribution in [-0.4, -0.2) is 36.7 Å². The molecule has 0 saturated carbocycles. The van der Waals surface area contributed by atoms with Gasteiger partial charge in [0.15, 0.2) is 16.0 Å². The minimum atomic E-state index is -0.107. The number of thiophene rings is 1. The minimum Gasteiger partial charge on any atom is -0.369 e. The van der Waals surface area contributed by atoms with Gasteiger partial charge < -0.3 is 4.74 Å². The predicted molar refractivity (Wildman–Crippen MR) is 129 cm³/mol. The van der Waals surface area contributed by atoms with Gasteiger partial charge >= 0.3 is 0 Å². The Morgan fingerprint density at radius 1 is 1.03 bits per heavy atom. The van der Waals surface area contributed by atoms with E-state index in [1.807, 2.05) is 23.5 Å². The summed E-state index contributed by atoms with van der Waals surface area (Å²) in [7, 11) is 0. The van der Waals surface area contributed by atoms with Crippen molar-refractivity contribution in [1.82, 2.24) is 19.6 Å². The van der Waals surface area contributed by atoms with Crippen LogP contribution in [0.2, 0.25) is 0 Å². The van der Waals surface area contributed by atoms with Crippen molar-refractivity contribution in [2.45, 2.75) is 95.2 Å². The molecule has 0 unspecified atom stereocenters. The van der Waals surface area contributed by atoms with Crippen LogP contribution >= 0.6 is 34.9 Å². The monoisotopic (exact) mass is 464 g/mol. The number of hydrogen-bond acceptors (Lipinski definition) is 7. The first kappa shape index (κ1) is 22.4. The van der Waals surface area contributed by atoms with Crippen LogP contribution in [0.15, 0.2) is 10.3 Å². The van der Waals surface area contributed by atoms with E-state index in [-0.39, 0.29) is 5.60 Å². The maximum atomic E-state index is 6.20. The zero-order valence-electron chi connectivity index (χ0n) is 18.5. The van der Waals surface area contributed by atoms with Crippen molar-refractivity contribution in [3.63, 3.8) is 0 Å². The Kier molecular flexibility index (Phi) is 7.27. The molecule has 0 N–H and O–H groups in total. The molecule has 0 bridgehead atoms. The van der Waals surface area contributed by atoms with Crippen molar-refractivity contribution in [3.05, 3.63) is 10.4 Å². The van der Waals surface area contributed by atoms with Crippen molar-refractivity contribution < 1.29 is 4.74 Å². The van der Waals surface area contributed by atoms with Crippen LogP contribution in [0.25, 0.3) is 15.9 Å². The van der Waals surface area contributed by atoms with Gasteiger partial charge in [-0.25, -0.2) is 9.38 Å². The van der Waals surface area contributed by atoms with Crippen molar-refractivity contribution in [2.24, 2.45) is 0 Å². The number of nitrogens with zero attached hydrogens (tertiary/aromatic N) is 4. The lowest BCUT2D eigenvalue weighted by Gasteiger charge is -2.33. The van der Waals surface area contributed by atoms with E-state index in [0.717, 1.165) is 51.6 Å². The molecule has 5 nitrogen and oxygen atoms in total. The highest BCUT2D eigenvalue weighted by atomic mass is 32.2. The molecule has 30 heavy (non-hydrogen) atoms. The number of unbranched alkanes of at least 4 members (excludes halogenated alkanes) is 3. The smallest absolute Gasteiger partial charge is 0.197 e. The van der Waals surface area contributed by atoms with Gasteiger partial charge in [-0.2, -0.15) is 0 Å². The van der Waals surface area contributed by atoms with Crippen molar-refractivity contribution in [1.29, 1.82) is 0 Å². The summed E-state index contributed by atoms with van der Waals surface area (Å²) in [6.07, 6.45) is 8.13. The Morgan fingerprint density at radius 2 is 1.87 bits per heavy atom. The van der Waals surface area contributed by atoms with E-state index >= 15 is 0 Å². The summed E-state index contributed by atoms with van der Waals surface area (Å²) in [5, 5.41) is 12.5. The Bertz CT molecular complexity index is 1020. The van der Waals surface area contributed by atoms with Crippen LogP contribution in [0.1, 0.15) is 76.7 Å². The largest absolute Gasteiger partial charge is 0.369 e. The van der Waals surface area contributed by atoms with Gasteiger partial charge in [-0.3, -0.25) is 0 Å². The molecule has 0 aliphatic carbocycles. The SMILES string of the molecule is CCCCCCSc1nnc2c3c4c(sc3nc(SCCC)n12)CO[C@@](C)(CC)C4. The highest BCUT2D eigenvalue weighted by Gasteiger charge is 2.33. The van der Waals surface area contributed by atoms with Gasteiger partial charge in [0, 0.05) is 22.8 Å². The molecule has 1 aliphatic heterocycles. The summed E-state index contributed by atoms with van der Waals surface area (Å²) in [5.41, 5.74) is 2.25. The summed E-state index contributed by atoms with van der Waals surface area (Å²) < 4.78 is 8.42. The van der Waals surface area contributed by atoms with E-state index in [0.29, 0.717) is 6.61 Å². The Morgan fingerprint density at radius 3 is 2.63 bits per heavy atom. The lowest BCUT2D eigenvalue weighted by Crippen LogP contribution is -2.33. The maximum Gasteiger partial charge on any atom is 0.197 e. The Balaban J connectivity index is 1.76. The summed E-state index contributed by atoms with van der Waals surface area (Å²) in [4.78, 5) is 7.50. The van der Waals surface area contributed by atoms with Crippen LogP contribution < -0.4 is 0 Å². The van der Waals surface area contributed by atoms with Gasteiger partial charge in [-0.1, -0.05) is 63.6 Å².